The van der Waals surface area contributed by atoms with E-state index < -0.39 is 22.8 Å². The van der Waals surface area contributed by atoms with E-state index in [2.05, 4.69) is 4.90 Å². The summed E-state index contributed by atoms with van der Waals surface area (Å²) in [7, 11) is 3.40. The first kappa shape index (κ1) is 19.0. The molecule has 31 heavy (non-hydrogen) atoms. The summed E-state index contributed by atoms with van der Waals surface area (Å²) < 4.78 is 12.1. The summed E-state index contributed by atoms with van der Waals surface area (Å²) in [4.78, 5) is 15.8. The van der Waals surface area contributed by atoms with Gasteiger partial charge < -0.3 is 14.6 Å². The van der Waals surface area contributed by atoms with Gasteiger partial charge in [0.05, 0.1) is 7.11 Å². The summed E-state index contributed by atoms with van der Waals surface area (Å²) in [6, 6.07) is 20.0. The first-order valence-corrected chi connectivity index (χ1v) is 10.7. The zero-order valence-corrected chi connectivity index (χ0v) is 17.9. The van der Waals surface area contributed by atoms with Crippen molar-refractivity contribution >= 4 is 16.7 Å². The average molecular weight is 415 g/mol. The van der Waals surface area contributed by atoms with Crippen LogP contribution >= 0.6 is 0 Å². The van der Waals surface area contributed by atoms with Gasteiger partial charge in [-0.3, -0.25) is 9.69 Å². The number of ether oxygens (including phenoxy) is 2. The molecule has 1 N–H and O–H groups in total. The van der Waals surface area contributed by atoms with Crippen LogP contribution in [0.5, 0.6) is 0 Å². The zero-order chi connectivity index (χ0) is 21.6. The van der Waals surface area contributed by atoms with Crippen LogP contribution in [-0.4, -0.2) is 36.7 Å². The number of esters is 1. The third kappa shape index (κ3) is 1.88. The molecular formula is C26H25NO4. The van der Waals surface area contributed by atoms with Crippen molar-refractivity contribution in [3.63, 3.8) is 0 Å². The van der Waals surface area contributed by atoms with Crippen LogP contribution in [0.15, 0.2) is 60.7 Å². The molecule has 3 aromatic rings. The Kier molecular flexibility index (Phi) is 3.64. The van der Waals surface area contributed by atoms with Crippen molar-refractivity contribution in [1.82, 2.24) is 4.90 Å². The second-order valence-corrected chi connectivity index (χ2v) is 9.11. The smallest absolute Gasteiger partial charge is 0.317 e. The van der Waals surface area contributed by atoms with E-state index in [4.69, 9.17) is 9.47 Å². The van der Waals surface area contributed by atoms with Crippen LogP contribution in [-0.2, 0) is 25.6 Å². The average Bonchev–Trinajstić information content (AvgIpc) is 3.31. The number of carbonyl (C=O) groups is 1. The number of aliphatic hydroxyl groups is 1. The number of fused-ring (bicyclic) bond motifs is 1. The number of rotatable bonds is 2. The Hall–Kier alpha value is -2.73. The van der Waals surface area contributed by atoms with Gasteiger partial charge in [0, 0.05) is 12.1 Å². The van der Waals surface area contributed by atoms with E-state index >= 15 is 0 Å². The molecule has 2 aliphatic heterocycles. The third-order valence-corrected chi connectivity index (χ3v) is 7.88. The van der Waals surface area contributed by atoms with E-state index in [0.717, 1.165) is 33.0 Å². The number of aryl methyl sites for hydroxylation is 1. The summed E-state index contributed by atoms with van der Waals surface area (Å²) >= 11 is 0. The molecule has 1 spiro atoms. The van der Waals surface area contributed by atoms with Crippen LogP contribution in [0.2, 0.25) is 0 Å². The lowest BCUT2D eigenvalue weighted by Crippen LogP contribution is -2.59. The lowest BCUT2D eigenvalue weighted by molar-refractivity contribution is -0.251. The maximum Gasteiger partial charge on any atom is 0.317 e. The van der Waals surface area contributed by atoms with Crippen LogP contribution in [0.25, 0.3) is 10.8 Å². The minimum absolute atomic E-state index is 0.344. The van der Waals surface area contributed by atoms with Crippen molar-refractivity contribution in [1.29, 1.82) is 0 Å². The van der Waals surface area contributed by atoms with E-state index in [1.54, 1.807) is 0 Å². The molecule has 0 bridgehead atoms. The first-order valence-electron chi connectivity index (χ1n) is 10.7. The van der Waals surface area contributed by atoms with Gasteiger partial charge in [-0.2, -0.15) is 0 Å². The van der Waals surface area contributed by atoms with Crippen LogP contribution in [0.1, 0.15) is 34.8 Å². The normalized spacial score (nSPS) is 33.5. The highest BCUT2D eigenvalue weighted by Crippen LogP contribution is 2.75. The molecule has 3 aromatic carbocycles. The molecular weight excluding hydrogens is 390 g/mol. The molecule has 2 fully saturated rings. The van der Waals surface area contributed by atoms with Gasteiger partial charge >= 0.3 is 5.97 Å². The minimum atomic E-state index is -1.68. The standard InChI is InChI=1S/C26H25NO4/c1-16-10-12-18(13-11-16)22-24(23(28)30-3)14-15-27(2)25(24)19-8-4-6-17-7-5-9-20(21(17)19)26(25,29)31-22/h4-13,22,29H,14-15H2,1-3H3/t22-,24+,25?,26-/m0/s1. The first-order chi connectivity index (χ1) is 14.9. The number of hydrogen-bond acceptors (Lipinski definition) is 5. The van der Waals surface area contributed by atoms with Gasteiger partial charge in [-0.05, 0) is 42.3 Å². The number of hydrogen-bond donors (Lipinski definition) is 1. The summed E-state index contributed by atoms with van der Waals surface area (Å²) in [5.41, 5.74) is 1.49. The monoisotopic (exact) mass is 415 g/mol. The van der Waals surface area contributed by atoms with E-state index in [1.165, 1.54) is 7.11 Å². The zero-order valence-electron chi connectivity index (χ0n) is 17.9. The molecule has 5 nitrogen and oxygen atoms in total. The molecule has 0 aromatic heterocycles. The van der Waals surface area contributed by atoms with Gasteiger partial charge in [0.15, 0.2) is 0 Å². The molecule has 1 aliphatic carbocycles. The number of nitrogens with zero attached hydrogens (tertiary/aromatic N) is 1. The van der Waals surface area contributed by atoms with Gasteiger partial charge in [0.25, 0.3) is 0 Å². The molecule has 0 saturated carbocycles. The molecule has 5 heteroatoms. The van der Waals surface area contributed by atoms with Gasteiger partial charge in [-0.25, -0.2) is 0 Å². The minimum Gasteiger partial charge on any atom is -0.468 e. The molecule has 2 heterocycles. The Morgan fingerprint density at radius 2 is 1.77 bits per heavy atom. The van der Waals surface area contributed by atoms with E-state index in [1.807, 2.05) is 74.6 Å². The molecule has 1 unspecified atom stereocenters. The van der Waals surface area contributed by atoms with Crippen molar-refractivity contribution in [2.75, 3.05) is 20.7 Å². The largest absolute Gasteiger partial charge is 0.468 e. The van der Waals surface area contributed by atoms with Gasteiger partial charge in [0.2, 0.25) is 5.79 Å². The van der Waals surface area contributed by atoms with Crippen molar-refractivity contribution in [2.45, 2.75) is 30.8 Å². The van der Waals surface area contributed by atoms with Crippen LogP contribution in [0, 0.1) is 12.3 Å². The van der Waals surface area contributed by atoms with Crippen LogP contribution in [0.3, 0.4) is 0 Å². The summed E-state index contributed by atoms with van der Waals surface area (Å²) in [6.07, 6.45) is -0.111. The number of likely N-dealkylation sites (tertiary alicyclic amines) is 1. The number of carbonyl (C=O) groups excluding carboxylic acids is 1. The second kappa shape index (κ2) is 5.94. The summed E-state index contributed by atoms with van der Waals surface area (Å²) in [5.74, 6) is -2.02. The molecule has 158 valence electrons. The van der Waals surface area contributed by atoms with Gasteiger partial charge in [0.1, 0.15) is 17.1 Å². The fraction of sp³-hybridized carbons (Fsp3) is 0.346. The third-order valence-electron chi connectivity index (χ3n) is 7.88. The fourth-order valence-electron chi connectivity index (χ4n) is 6.72. The summed E-state index contributed by atoms with van der Waals surface area (Å²) in [6.45, 7) is 2.67. The van der Waals surface area contributed by atoms with Crippen molar-refractivity contribution in [3.05, 3.63) is 82.9 Å². The second-order valence-electron chi connectivity index (χ2n) is 9.11. The van der Waals surface area contributed by atoms with Crippen molar-refractivity contribution in [2.24, 2.45) is 5.41 Å². The highest BCUT2D eigenvalue weighted by atomic mass is 16.6. The number of benzene rings is 3. The Labute approximate surface area is 181 Å². The highest BCUT2D eigenvalue weighted by Gasteiger charge is 2.84. The maximum atomic E-state index is 13.7. The molecule has 4 atom stereocenters. The quantitative estimate of drug-likeness (QED) is 0.646. The Balaban J connectivity index is 1.73. The van der Waals surface area contributed by atoms with Crippen LogP contribution in [0.4, 0.5) is 0 Å². The summed E-state index contributed by atoms with van der Waals surface area (Å²) in [5, 5.41) is 14.4. The van der Waals surface area contributed by atoms with E-state index in [9.17, 15) is 9.90 Å². The molecule has 6 rings (SSSR count). The molecule has 0 amide bonds. The Morgan fingerprint density at radius 3 is 2.45 bits per heavy atom. The predicted octanol–water partition coefficient (Wildman–Crippen LogP) is 3.77. The molecule has 3 aliphatic rings. The number of likely N-dealkylation sites (N-methyl/N-ethyl adjacent to an activating group) is 1. The Bertz CT molecular complexity index is 1230. The highest BCUT2D eigenvalue weighted by molar-refractivity contribution is 5.96. The van der Waals surface area contributed by atoms with Crippen LogP contribution < -0.4 is 0 Å². The maximum absolute atomic E-state index is 13.7. The molecule has 0 radical (unpaired) electrons. The predicted molar refractivity (Wildman–Crippen MR) is 116 cm³/mol. The fourth-order valence-corrected chi connectivity index (χ4v) is 6.72. The van der Waals surface area contributed by atoms with E-state index in [-0.39, 0.29) is 5.97 Å². The SMILES string of the molecule is COC(=O)[C@]12CCN(C)C13c1cccc4cccc(c14)[C@]3(O)O[C@H]2c1ccc(C)cc1. The molecule has 2 saturated heterocycles. The Morgan fingerprint density at radius 1 is 1.10 bits per heavy atom. The van der Waals surface area contributed by atoms with Gasteiger partial charge in [-0.15, -0.1) is 0 Å². The van der Waals surface area contributed by atoms with Crippen molar-refractivity contribution < 1.29 is 19.4 Å². The topological polar surface area (TPSA) is 59.0 Å². The van der Waals surface area contributed by atoms with E-state index in [0.29, 0.717) is 13.0 Å². The lowest BCUT2D eigenvalue weighted by atomic mass is 9.62. The van der Waals surface area contributed by atoms with Gasteiger partial charge in [-0.1, -0.05) is 66.2 Å². The number of methoxy groups -OCH3 is 1. The van der Waals surface area contributed by atoms with Crippen molar-refractivity contribution in [3.8, 4) is 0 Å². The lowest BCUT2D eigenvalue weighted by Gasteiger charge is -2.45.